The van der Waals surface area contributed by atoms with Gasteiger partial charge in [-0.05, 0) is 43.7 Å². The Labute approximate surface area is 204 Å². The Hall–Kier alpha value is -3.80. The molecule has 9 nitrogen and oxygen atoms in total. The third kappa shape index (κ3) is 6.01. The molecule has 2 saturated carbocycles. The molecule has 0 unspecified atom stereocenters. The number of imidazole rings is 1. The van der Waals surface area contributed by atoms with E-state index in [0.29, 0.717) is 28.5 Å². The van der Waals surface area contributed by atoms with E-state index < -0.39 is 0 Å². The normalized spacial score (nSPS) is 14.0. The Bertz CT molecular complexity index is 1360. The molecule has 1 aromatic carbocycles. The summed E-state index contributed by atoms with van der Waals surface area (Å²) in [5.41, 5.74) is 0.407. The van der Waals surface area contributed by atoms with Crippen LogP contribution in [0.3, 0.4) is 0 Å². The van der Waals surface area contributed by atoms with Crippen molar-refractivity contribution in [2.75, 3.05) is 7.11 Å². The Kier molecular flexibility index (Phi) is 8.53. The van der Waals surface area contributed by atoms with Gasteiger partial charge in [0.05, 0.1) is 7.11 Å². The number of hydrogen-bond acceptors (Lipinski definition) is 6. The number of para-hydroxylation sites is 2. The SMILES string of the molecule is CC.CCC#Cc1nc2c([nH]1)c(=O)n(C1CC1)c(=O)n2C1CC1.COc1ccccc1OC(C)=O. The molecule has 2 aromatic heterocycles. The largest absolute Gasteiger partial charge is 0.493 e. The Morgan fingerprint density at radius 1 is 1.09 bits per heavy atom. The number of benzene rings is 1. The highest BCUT2D eigenvalue weighted by atomic mass is 16.6. The number of esters is 1. The maximum absolute atomic E-state index is 12.6. The summed E-state index contributed by atoms with van der Waals surface area (Å²) in [5, 5.41) is 0. The number of aromatic nitrogens is 4. The molecular formula is C26H32N4O5. The molecule has 1 N–H and O–H groups in total. The van der Waals surface area contributed by atoms with Crippen LogP contribution in [0.2, 0.25) is 0 Å². The first-order valence-electron chi connectivity index (χ1n) is 12.0. The smallest absolute Gasteiger partial charge is 0.333 e. The second-order valence-electron chi connectivity index (χ2n) is 7.97. The van der Waals surface area contributed by atoms with Crippen molar-refractivity contribution < 1.29 is 14.3 Å². The van der Waals surface area contributed by atoms with Gasteiger partial charge in [-0.15, -0.1) is 0 Å². The van der Waals surface area contributed by atoms with Crippen LogP contribution in [0.15, 0.2) is 33.9 Å². The molecule has 0 atom stereocenters. The van der Waals surface area contributed by atoms with Crippen LogP contribution < -0.4 is 20.7 Å². The van der Waals surface area contributed by atoms with Crippen molar-refractivity contribution in [3.63, 3.8) is 0 Å². The monoisotopic (exact) mass is 480 g/mol. The zero-order chi connectivity index (χ0) is 25.5. The minimum absolute atomic E-state index is 0.0628. The Balaban J connectivity index is 0.000000210. The number of methoxy groups -OCH3 is 1. The fraction of sp³-hybridized carbons (Fsp3) is 0.462. The van der Waals surface area contributed by atoms with Gasteiger partial charge in [0.2, 0.25) is 0 Å². The molecular weight excluding hydrogens is 448 g/mol. The lowest BCUT2D eigenvalue weighted by Gasteiger charge is -2.09. The number of aromatic amines is 1. The van der Waals surface area contributed by atoms with Gasteiger partial charge in [-0.3, -0.25) is 18.7 Å². The van der Waals surface area contributed by atoms with Gasteiger partial charge in [-0.2, -0.15) is 0 Å². The zero-order valence-corrected chi connectivity index (χ0v) is 20.9. The molecule has 0 aliphatic heterocycles. The molecule has 186 valence electrons. The Morgan fingerprint density at radius 3 is 2.23 bits per heavy atom. The summed E-state index contributed by atoms with van der Waals surface area (Å²) in [6, 6.07) is 7.25. The van der Waals surface area contributed by atoms with Gasteiger partial charge < -0.3 is 14.5 Å². The fourth-order valence-electron chi connectivity index (χ4n) is 3.51. The van der Waals surface area contributed by atoms with Crippen LogP contribution in [0.4, 0.5) is 0 Å². The zero-order valence-electron chi connectivity index (χ0n) is 20.9. The van der Waals surface area contributed by atoms with Gasteiger partial charge in [0, 0.05) is 25.4 Å². The molecule has 2 aliphatic carbocycles. The molecule has 2 fully saturated rings. The fourth-order valence-corrected chi connectivity index (χ4v) is 3.51. The predicted octanol–water partition coefficient (Wildman–Crippen LogP) is 3.96. The van der Waals surface area contributed by atoms with Crippen molar-refractivity contribution in [1.82, 2.24) is 19.1 Å². The second-order valence-corrected chi connectivity index (χ2v) is 7.97. The highest BCUT2D eigenvalue weighted by Crippen LogP contribution is 2.36. The molecule has 0 bridgehead atoms. The van der Waals surface area contributed by atoms with Gasteiger partial charge in [-0.1, -0.05) is 38.8 Å². The van der Waals surface area contributed by atoms with Crippen molar-refractivity contribution in [2.24, 2.45) is 0 Å². The lowest BCUT2D eigenvalue weighted by molar-refractivity contribution is -0.132. The molecule has 0 saturated heterocycles. The van der Waals surface area contributed by atoms with E-state index in [9.17, 15) is 14.4 Å². The van der Waals surface area contributed by atoms with Crippen LogP contribution in [-0.4, -0.2) is 32.2 Å². The number of fused-ring (bicyclic) bond motifs is 1. The van der Waals surface area contributed by atoms with Gasteiger partial charge >= 0.3 is 11.7 Å². The maximum Gasteiger partial charge on any atom is 0.333 e. The summed E-state index contributed by atoms with van der Waals surface area (Å²) in [5.74, 6) is 6.97. The van der Waals surface area contributed by atoms with E-state index in [-0.39, 0.29) is 29.3 Å². The topological polar surface area (TPSA) is 108 Å². The molecule has 5 rings (SSSR count). The lowest BCUT2D eigenvalue weighted by atomic mass is 10.3. The number of carbonyl (C=O) groups excluding carboxylic acids is 1. The summed E-state index contributed by atoms with van der Waals surface area (Å²) in [6.07, 6.45) is 4.48. The molecule has 0 spiro atoms. The van der Waals surface area contributed by atoms with Gasteiger partial charge in [0.15, 0.2) is 28.5 Å². The Morgan fingerprint density at radius 2 is 1.69 bits per heavy atom. The number of nitrogens with zero attached hydrogens (tertiary/aromatic N) is 3. The van der Waals surface area contributed by atoms with Crippen LogP contribution in [0.25, 0.3) is 11.2 Å². The molecule has 2 aliphatic rings. The van der Waals surface area contributed by atoms with Crippen LogP contribution in [-0.2, 0) is 4.79 Å². The third-order valence-corrected chi connectivity index (χ3v) is 5.29. The van der Waals surface area contributed by atoms with Crippen LogP contribution in [0.5, 0.6) is 11.5 Å². The standard InChI is InChI=1S/C15H16N4O2.C9H10O3.C2H6/c1-2-3-4-11-16-12-13(17-11)18(9-5-6-9)15(21)19(14(12)20)10-7-8-10;1-7(10)12-9-6-4-3-5-8(9)11-2;1-2/h9-10H,2,5-8H2,1H3,(H,16,17);3-6H,1-2H3;1-2H3. The molecule has 35 heavy (non-hydrogen) atoms. The van der Waals surface area contributed by atoms with Crippen LogP contribution >= 0.6 is 0 Å². The molecule has 0 amide bonds. The van der Waals surface area contributed by atoms with E-state index in [2.05, 4.69) is 21.8 Å². The highest BCUT2D eigenvalue weighted by Gasteiger charge is 2.34. The molecule has 0 radical (unpaired) electrons. The van der Waals surface area contributed by atoms with Crippen LogP contribution in [0.1, 0.15) is 77.7 Å². The van der Waals surface area contributed by atoms with Crippen molar-refractivity contribution >= 4 is 17.1 Å². The number of ether oxygens (including phenoxy) is 2. The van der Waals surface area contributed by atoms with E-state index in [4.69, 9.17) is 9.47 Å². The van der Waals surface area contributed by atoms with E-state index >= 15 is 0 Å². The minimum Gasteiger partial charge on any atom is -0.493 e. The highest BCUT2D eigenvalue weighted by molar-refractivity contribution is 5.71. The van der Waals surface area contributed by atoms with Crippen molar-refractivity contribution in [2.45, 2.75) is 71.9 Å². The second kappa shape index (κ2) is 11.6. The number of rotatable bonds is 4. The summed E-state index contributed by atoms with van der Waals surface area (Å²) in [6.45, 7) is 7.31. The number of hydrogen-bond donors (Lipinski definition) is 1. The van der Waals surface area contributed by atoms with Gasteiger partial charge in [0.25, 0.3) is 5.56 Å². The quantitative estimate of drug-likeness (QED) is 0.344. The van der Waals surface area contributed by atoms with Crippen molar-refractivity contribution in [3.8, 4) is 23.3 Å². The van der Waals surface area contributed by atoms with E-state index in [0.717, 1.165) is 32.1 Å². The summed E-state index contributed by atoms with van der Waals surface area (Å²) in [4.78, 5) is 43.1. The van der Waals surface area contributed by atoms with Crippen molar-refractivity contribution in [1.29, 1.82) is 0 Å². The summed E-state index contributed by atoms with van der Waals surface area (Å²) in [7, 11) is 1.53. The summed E-state index contributed by atoms with van der Waals surface area (Å²) >= 11 is 0. The molecule has 3 aromatic rings. The molecule has 9 heteroatoms. The van der Waals surface area contributed by atoms with Gasteiger partial charge in [-0.25, -0.2) is 9.78 Å². The first kappa shape index (κ1) is 25.8. The number of nitrogens with one attached hydrogen (secondary N) is 1. The van der Waals surface area contributed by atoms with Gasteiger partial charge in [0.1, 0.15) is 0 Å². The lowest BCUT2D eigenvalue weighted by Crippen LogP contribution is -2.39. The minimum atomic E-state index is -0.348. The van der Waals surface area contributed by atoms with E-state index in [1.54, 1.807) is 22.8 Å². The number of H-pyrrole nitrogens is 1. The first-order chi connectivity index (χ1) is 16.9. The molecule has 2 heterocycles. The average molecular weight is 481 g/mol. The van der Waals surface area contributed by atoms with Crippen LogP contribution in [0, 0.1) is 11.8 Å². The maximum atomic E-state index is 12.6. The third-order valence-electron chi connectivity index (χ3n) is 5.29. The van der Waals surface area contributed by atoms with E-state index in [1.165, 1.54) is 18.6 Å². The van der Waals surface area contributed by atoms with E-state index in [1.807, 2.05) is 26.8 Å². The first-order valence-corrected chi connectivity index (χ1v) is 12.0. The average Bonchev–Trinajstić information content (AvgIpc) is 3.79. The summed E-state index contributed by atoms with van der Waals surface area (Å²) < 4.78 is 12.9. The predicted molar refractivity (Wildman–Crippen MR) is 134 cm³/mol. The van der Waals surface area contributed by atoms with Crippen molar-refractivity contribution in [3.05, 3.63) is 50.9 Å². The number of carbonyl (C=O) groups is 1.